The SMILES string of the molecule is O=C(Nc1ccc(F)c(F)c1F)C1(c2ccccc2F)CCCC1. The predicted octanol–water partition coefficient (Wildman–Crippen LogP) is 4.69. The van der Waals surface area contributed by atoms with Crippen LogP contribution < -0.4 is 5.32 Å². The highest BCUT2D eigenvalue weighted by molar-refractivity contribution is 5.99. The Kier molecular flexibility index (Phi) is 4.30. The lowest BCUT2D eigenvalue weighted by atomic mass is 9.77. The van der Waals surface area contributed by atoms with Gasteiger partial charge in [0.05, 0.1) is 11.1 Å². The molecule has 0 atom stereocenters. The van der Waals surface area contributed by atoms with E-state index < -0.39 is 40.3 Å². The average Bonchev–Trinajstić information content (AvgIpc) is 3.06. The maximum Gasteiger partial charge on any atom is 0.235 e. The molecule has 2 nitrogen and oxygen atoms in total. The summed E-state index contributed by atoms with van der Waals surface area (Å²) in [6, 6.07) is 7.63. The number of hydrogen-bond acceptors (Lipinski definition) is 1. The third kappa shape index (κ3) is 2.66. The van der Waals surface area contributed by atoms with Crippen LogP contribution in [0.3, 0.4) is 0 Å². The van der Waals surface area contributed by atoms with Crippen molar-refractivity contribution in [1.29, 1.82) is 0 Å². The molecule has 24 heavy (non-hydrogen) atoms. The lowest BCUT2D eigenvalue weighted by Crippen LogP contribution is -2.39. The first-order valence-electron chi connectivity index (χ1n) is 7.66. The van der Waals surface area contributed by atoms with Crippen molar-refractivity contribution in [2.24, 2.45) is 0 Å². The molecule has 1 N–H and O–H groups in total. The zero-order chi connectivity index (χ0) is 17.3. The Morgan fingerprint density at radius 3 is 2.21 bits per heavy atom. The summed E-state index contributed by atoms with van der Waals surface area (Å²) < 4.78 is 54.4. The number of hydrogen-bond donors (Lipinski definition) is 1. The standard InChI is InChI=1S/C18H15F4NO/c19-12-6-2-1-5-11(12)18(9-3-4-10-18)17(24)23-14-8-7-13(20)15(21)16(14)22/h1-2,5-8H,3-4,9-10H2,(H,23,24). The lowest BCUT2D eigenvalue weighted by Gasteiger charge is -2.28. The van der Waals surface area contributed by atoms with Crippen molar-refractivity contribution in [3.8, 4) is 0 Å². The molecule has 1 aliphatic rings. The van der Waals surface area contributed by atoms with Crippen LogP contribution in [-0.2, 0) is 10.2 Å². The lowest BCUT2D eigenvalue weighted by molar-refractivity contribution is -0.121. The Labute approximate surface area is 136 Å². The summed E-state index contributed by atoms with van der Waals surface area (Å²) in [5.41, 5.74) is -1.35. The normalized spacial score (nSPS) is 16.2. The monoisotopic (exact) mass is 337 g/mol. The van der Waals surface area contributed by atoms with Gasteiger partial charge in [-0.1, -0.05) is 31.0 Å². The van der Waals surface area contributed by atoms with E-state index in [0.717, 1.165) is 25.0 Å². The molecular formula is C18H15F4NO. The molecule has 0 aliphatic heterocycles. The molecule has 0 spiro atoms. The van der Waals surface area contributed by atoms with Gasteiger partial charge in [0.15, 0.2) is 17.5 Å². The number of rotatable bonds is 3. The second-order valence-electron chi connectivity index (χ2n) is 5.95. The number of halogens is 4. The maximum atomic E-state index is 14.2. The van der Waals surface area contributed by atoms with E-state index in [4.69, 9.17) is 0 Å². The van der Waals surface area contributed by atoms with Gasteiger partial charge in [-0.2, -0.15) is 0 Å². The maximum absolute atomic E-state index is 14.2. The van der Waals surface area contributed by atoms with E-state index in [1.165, 1.54) is 18.2 Å². The number of carbonyl (C=O) groups is 1. The molecule has 3 rings (SSSR count). The molecule has 1 fully saturated rings. The number of anilines is 1. The molecule has 6 heteroatoms. The van der Waals surface area contributed by atoms with Crippen LogP contribution in [0.4, 0.5) is 23.2 Å². The molecule has 0 unspecified atom stereocenters. The smallest absolute Gasteiger partial charge is 0.235 e. The Balaban J connectivity index is 1.98. The first kappa shape index (κ1) is 16.5. The second-order valence-corrected chi connectivity index (χ2v) is 5.95. The van der Waals surface area contributed by atoms with Gasteiger partial charge in [-0.15, -0.1) is 0 Å². The van der Waals surface area contributed by atoms with Gasteiger partial charge in [-0.05, 0) is 31.0 Å². The fourth-order valence-electron chi connectivity index (χ4n) is 3.31. The van der Waals surface area contributed by atoms with E-state index in [1.807, 2.05) is 0 Å². The third-order valence-electron chi connectivity index (χ3n) is 4.56. The molecule has 0 bridgehead atoms. The number of amides is 1. The average molecular weight is 337 g/mol. The summed E-state index contributed by atoms with van der Waals surface area (Å²) in [4.78, 5) is 12.8. The Morgan fingerprint density at radius 1 is 0.875 bits per heavy atom. The van der Waals surface area contributed by atoms with Crippen LogP contribution in [-0.4, -0.2) is 5.91 Å². The first-order valence-corrected chi connectivity index (χ1v) is 7.66. The highest BCUT2D eigenvalue weighted by atomic mass is 19.2. The van der Waals surface area contributed by atoms with Crippen molar-refractivity contribution in [3.05, 3.63) is 65.2 Å². The fraction of sp³-hybridized carbons (Fsp3) is 0.278. The van der Waals surface area contributed by atoms with Crippen molar-refractivity contribution >= 4 is 11.6 Å². The number of carbonyl (C=O) groups excluding carboxylic acids is 1. The Morgan fingerprint density at radius 2 is 1.54 bits per heavy atom. The van der Waals surface area contributed by atoms with Crippen LogP contribution in [0.2, 0.25) is 0 Å². The van der Waals surface area contributed by atoms with Crippen LogP contribution in [0.15, 0.2) is 36.4 Å². The highest BCUT2D eigenvalue weighted by Gasteiger charge is 2.44. The molecule has 0 aromatic heterocycles. The summed E-state index contributed by atoms with van der Waals surface area (Å²) in [6.45, 7) is 0. The molecule has 1 saturated carbocycles. The summed E-state index contributed by atoms with van der Waals surface area (Å²) in [7, 11) is 0. The largest absolute Gasteiger partial charge is 0.323 e. The zero-order valence-corrected chi connectivity index (χ0v) is 12.7. The van der Waals surface area contributed by atoms with Gasteiger partial charge in [0.2, 0.25) is 5.91 Å². The van der Waals surface area contributed by atoms with E-state index in [1.54, 1.807) is 6.07 Å². The second kappa shape index (κ2) is 6.26. The summed E-state index contributed by atoms with van der Waals surface area (Å²) in [5.74, 6) is -5.59. The first-order chi connectivity index (χ1) is 11.5. The topological polar surface area (TPSA) is 29.1 Å². The van der Waals surface area contributed by atoms with Crippen LogP contribution in [0, 0.1) is 23.3 Å². The van der Waals surface area contributed by atoms with Gasteiger partial charge in [-0.25, -0.2) is 17.6 Å². The van der Waals surface area contributed by atoms with E-state index in [2.05, 4.69) is 5.32 Å². The molecular weight excluding hydrogens is 322 g/mol. The van der Waals surface area contributed by atoms with E-state index in [-0.39, 0.29) is 5.56 Å². The molecule has 1 amide bonds. The summed E-state index contributed by atoms with van der Waals surface area (Å²) in [5, 5.41) is 2.30. The van der Waals surface area contributed by atoms with Gasteiger partial charge in [0.25, 0.3) is 0 Å². The zero-order valence-electron chi connectivity index (χ0n) is 12.7. The van der Waals surface area contributed by atoms with Gasteiger partial charge in [-0.3, -0.25) is 4.79 Å². The van der Waals surface area contributed by atoms with Gasteiger partial charge in [0, 0.05) is 5.56 Å². The Hall–Kier alpha value is -2.37. The molecule has 0 radical (unpaired) electrons. The van der Waals surface area contributed by atoms with E-state index in [0.29, 0.717) is 12.8 Å². The summed E-state index contributed by atoms with van der Waals surface area (Å²) >= 11 is 0. The molecule has 2 aromatic rings. The minimum absolute atomic E-state index is 0.239. The van der Waals surface area contributed by atoms with Crippen LogP contribution in [0.25, 0.3) is 0 Å². The molecule has 1 aliphatic carbocycles. The van der Waals surface area contributed by atoms with Crippen molar-refractivity contribution in [1.82, 2.24) is 0 Å². The van der Waals surface area contributed by atoms with Crippen LogP contribution in [0.5, 0.6) is 0 Å². The van der Waals surface area contributed by atoms with E-state index >= 15 is 0 Å². The predicted molar refractivity (Wildman–Crippen MR) is 81.5 cm³/mol. The third-order valence-corrected chi connectivity index (χ3v) is 4.56. The minimum atomic E-state index is -1.65. The molecule has 0 saturated heterocycles. The number of nitrogens with one attached hydrogen (secondary N) is 1. The molecule has 2 aromatic carbocycles. The van der Waals surface area contributed by atoms with Gasteiger partial charge in [0.1, 0.15) is 5.82 Å². The number of benzene rings is 2. The Bertz CT molecular complexity index is 785. The summed E-state index contributed by atoms with van der Waals surface area (Å²) in [6.07, 6.45) is 2.26. The van der Waals surface area contributed by atoms with Crippen LogP contribution in [0.1, 0.15) is 31.2 Å². The quantitative estimate of drug-likeness (QED) is 0.639. The van der Waals surface area contributed by atoms with Gasteiger partial charge < -0.3 is 5.32 Å². The van der Waals surface area contributed by atoms with Crippen molar-refractivity contribution in [2.75, 3.05) is 5.32 Å². The minimum Gasteiger partial charge on any atom is -0.323 e. The van der Waals surface area contributed by atoms with Crippen LogP contribution >= 0.6 is 0 Å². The van der Waals surface area contributed by atoms with Crippen molar-refractivity contribution < 1.29 is 22.4 Å². The van der Waals surface area contributed by atoms with E-state index in [9.17, 15) is 22.4 Å². The molecule has 126 valence electrons. The fourth-order valence-corrected chi connectivity index (χ4v) is 3.31. The molecule has 0 heterocycles. The van der Waals surface area contributed by atoms with Crippen molar-refractivity contribution in [2.45, 2.75) is 31.1 Å². The van der Waals surface area contributed by atoms with Gasteiger partial charge >= 0.3 is 0 Å². The van der Waals surface area contributed by atoms with Crippen molar-refractivity contribution in [3.63, 3.8) is 0 Å². The highest BCUT2D eigenvalue weighted by Crippen LogP contribution is 2.43.